The minimum atomic E-state index is 0.143. The molecule has 3 aromatic rings. The molecule has 1 saturated heterocycles. The maximum absolute atomic E-state index is 12.2. The molecule has 0 unspecified atom stereocenters. The minimum Gasteiger partial charge on any atom is -0.324 e. The van der Waals surface area contributed by atoms with Gasteiger partial charge in [-0.25, -0.2) is 15.0 Å². The first-order valence-corrected chi connectivity index (χ1v) is 11.7. The average Bonchev–Trinajstić information content (AvgIpc) is 3.15. The van der Waals surface area contributed by atoms with Crippen molar-refractivity contribution >= 4 is 22.8 Å². The van der Waals surface area contributed by atoms with Crippen LogP contribution in [0.1, 0.15) is 68.0 Å². The standard InChI is InChI=1S/C25H32N6O/c1-16(2)31-21-8-6-5-7-20(21)27-22(31)15-30-13-11-18(12-14-30)24-26-17(3)19-9-10-23(32)29(4)25(19)28-24/h5-8,16,18H,9-15H2,1-4H3. The number of amides is 1. The summed E-state index contributed by atoms with van der Waals surface area (Å²) < 4.78 is 2.37. The molecule has 0 saturated carbocycles. The van der Waals surface area contributed by atoms with Gasteiger partial charge in [-0.2, -0.15) is 0 Å². The fourth-order valence-electron chi connectivity index (χ4n) is 5.20. The second kappa shape index (κ2) is 8.28. The normalized spacial score (nSPS) is 18.0. The average molecular weight is 433 g/mol. The molecule has 1 aromatic carbocycles. The maximum Gasteiger partial charge on any atom is 0.228 e. The SMILES string of the molecule is Cc1nc(C2CCN(Cc3nc4ccccc4n3C(C)C)CC2)nc2c1CCC(=O)N2C. The van der Waals surface area contributed by atoms with Crippen molar-refractivity contribution < 1.29 is 4.79 Å². The minimum absolute atomic E-state index is 0.143. The number of benzene rings is 1. The van der Waals surface area contributed by atoms with Gasteiger partial charge in [-0.3, -0.25) is 14.6 Å². The smallest absolute Gasteiger partial charge is 0.228 e. The highest BCUT2D eigenvalue weighted by molar-refractivity contribution is 5.94. The monoisotopic (exact) mass is 432 g/mol. The molecule has 0 bridgehead atoms. The molecule has 1 amide bonds. The molecule has 7 nitrogen and oxygen atoms in total. The van der Waals surface area contributed by atoms with Gasteiger partial charge in [-0.1, -0.05) is 12.1 Å². The zero-order valence-electron chi connectivity index (χ0n) is 19.5. The van der Waals surface area contributed by atoms with Gasteiger partial charge in [0, 0.05) is 36.7 Å². The third-order valence-corrected chi connectivity index (χ3v) is 6.99. The second-order valence-electron chi connectivity index (χ2n) is 9.45. The van der Waals surface area contributed by atoms with Crippen molar-refractivity contribution in [1.29, 1.82) is 0 Å². The van der Waals surface area contributed by atoms with E-state index in [0.29, 0.717) is 18.4 Å². The van der Waals surface area contributed by atoms with Crippen molar-refractivity contribution in [3.05, 3.63) is 47.2 Å². The van der Waals surface area contributed by atoms with Gasteiger partial charge in [-0.05, 0) is 65.3 Å². The predicted octanol–water partition coefficient (Wildman–Crippen LogP) is 4.00. The van der Waals surface area contributed by atoms with E-state index in [-0.39, 0.29) is 5.91 Å². The van der Waals surface area contributed by atoms with E-state index >= 15 is 0 Å². The molecule has 0 N–H and O–H groups in total. The lowest BCUT2D eigenvalue weighted by Gasteiger charge is -2.32. The predicted molar refractivity (Wildman–Crippen MR) is 126 cm³/mol. The van der Waals surface area contributed by atoms with Gasteiger partial charge in [-0.15, -0.1) is 0 Å². The van der Waals surface area contributed by atoms with Crippen molar-refractivity contribution in [3.8, 4) is 0 Å². The fraction of sp³-hybridized carbons (Fsp3) is 0.520. The van der Waals surface area contributed by atoms with Crippen LogP contribution in [0.4, 0.5) is 5.82 Å². The van der Waals surface area contributed by atoms with Crippen LogP contribution in [0.3, 0.4) is 0 Å². The van der Waals surface area contributed by atoms with Crippen molar-refractivity contribution in [3.63, 3.8) is 0 Å². The van der Waals surface area contributed by atoms with Crippen LogP contribution in [0.25, 0.3) is 11.0 Å². The van der Waals surface area contributed by atoms with Gasteiger partial charge in [0.05, 0.1) is 17.6 Å². The van der Waals surface area contributed by atoms with Crippen LogP contribution >= 0.6 is 0 Å². The van der Waals surface area contributed by atoms with Gasteiger partial charge in [0.1, 0.15) is 17.5 Å². The van der Waals surface area contributed by atoms with Crippen molar-refractivity contribution in [2.24, 2.45) is 0 Å². The Labute approximate surface area is 189 Å². The zero-order chi connectivity index (χ0) is 22.4. The Balaban J connectivity index is 1.31. The van der Waals surface area contributed by atoms with Crippen LogP contribution in [0, 0.1) is 6.92 Å². The molecular formula is C25H32N6O. The van der Waals surface area contributed by atoms with Gasteiger partial charge in [0.25, 0.3) is 0 Å². The molecule has 168 valence electrons. The molecule has 2 aliphatic rings. The molecule has 2 aliphatic heterocycles. The van der Waals surface area contributed by atoms with E-state index in [9.17, 15) is 4.79 Å². The first-order valence-electron chi connectivity index (χ1n) is 11.7. The molecule has 0 atom stereocenters. The number of piperidine rings is 1. The highest BCUT2D eigenvalue weighted by atomic mass is 16.2. The van der Waals surface area contributed by atoms with Crippen LogP contribution < -0.4 is 4.90 Å². The van der Waals surface area contributed by atoms with Crippen LogP contribution in [0.2, 0.25) is 0 Å². The summed E-state index contributed by atoms with van der Waals surface area (Å²) in [5, 5.41) is 0. The number of nitrogens with zero attached hydrogens (tertiary/aromatic N) is 6. The lowest BCUT2D eigenvalue weighted by molar-refractivity contribution is -0.118. The summed E-state index contributed by atoms with van der Waals surface area (Å²) in [7, 11) is 1.83. The number of likely N-dealkylation sites (tertiary alicyclic amines) is 1. The molecule has 5 rings (SSSR count). The molecular weight excluding hydrogens is 400 g/mol. The van der Waals surface area contributed by atoms with Crippen LogP contribution in [-0.2, 0) is 17.8 Å². The number of carbonyl (C=O) groups excluding carboxylic acids is 1. The van der Waals surface area contributed by atoms with E-state index in [1.54, 1.807) is 4.90 Å². The van der Waals surface area contributed by atoms with E-state index in [2.05, 4.69) is 54.5 Å². The summed E-state index contributed by atoms with van der Waals surface area (Å²) in [4.78, 5) is 31.0. The number of hydrogen-bond acceptors (Lipinski definition) is 5. The Hall–Kier alpha value is -2.80. The van der Waals surface area contributed by atoms with Gasteiger partial charge in [0.15, 0.2) is 0 Å². The van der Waals surface area contributed by atoms with E-state index in [0.717, 1.165) is 73.1 Å². The second-order valence-corrected chi connectivity index (χ2v) is 9.45. The maximum atomic E-state index is 12.2. The van der Waals surface area contributed by atoms with Gasteiger partial charge >= 0.3 is 0 Å². The number of aromatic nitrogens is 4. The number of carbonyl (C=O) groups is 1. The summed E-state index contributed by atoms with van der Waals surface area (Å²) in [6.45, 7) is 9.36. The Morgan fingerprint density at radius 3 is 2.56 bits per heavy atom. The van der Waals surface area contributed by atoms with Gasteiger partial charge < -0.3 is 4.57 Å². The summed E-state index contributed by atoms with van der Waals surface area (Å²) in [6, 6.07) is 8.78. The van der Waals surface area contributed by atoms with Crippen LogP contribution in [0.15, 0.2) is 24.3 Å². The molecule has 4 heterocycles. The Kier molecular flexibility index (Phi) is 5.45. The summed E-state index contributed by atoms with van der Waals surface area (Å²) in [5.74, 6) is 3.34. The van der Waals surface area contributed by atoms with Crippen LogP contribution in [0.5, 0.6) is 0 Å². The van der Waals surface area contributed by atoms with Crippen molar-refractivity contribution in [2.45, 2.75) is 65.0 Å². The van der Waals surface area contributed by atoms with Crippen molar-refractivity contribution in [2.75, 3.05) is 25.0 Å². The molecule has 2 aromatic heterocycles. The number of imidazole rings is 1. The molecule has 7 heteroatoms. The highest BCUT2D eigenvalue weighted by Crippen LogP contribution is 2.32. The third-order valence-electron chi connectivity index (χ3n) is 6.99. The fourth-order valence-corrected chi connectivity index (χ4v) is 5.20. The Morgan fingerprint density at radius 2 is 1.81 bits per heavy atom. The summed E-state index contributed by atoms with van der Waals surface area (Å²) in [5.41, 5.74) is 4.44. The summed E-state index contributed by atoms with van der Waals surface area (Å²) >= 11 is 0. The Morgan fingerprint density at radius 1 is 1.06 bits per heavy atom. The molecule has 0 spiro atoms. The summed E-state index contributed by atoms with van der Waals surface area (Å²) in [6.07, 6.45) is 3.35. The first kappa shape index (κ1) is 21.1. The van der Waals surface area contributed by atoms with Gasteiger partial charge in [0.2, 0.25) is 5.91 Å². The van der Waals surface area contributed by atoms with E-state index < -0.39 is 0 Å². The Bertz CT molecular complexity index is 1160. The van der Waals surface area contributed by atoms with Crippen LogP contribution in [-0.4, -0.2) is 50.5 Å². The number of aryl methyl sites for hydroxylation is 1. The largest absolute Gasteiger partial charge is 0.324 e. The molecule has 32 heavy (non-hydrogen) atoms. The zero-order valence-corrected chi connectivity index (χ0v) is 19.5. The molecule has 0 radical (unpaired) electrons. The lowest BCUT2D eigenvalue weighted by Crippen LogP contribution is -2.35. The van der Waals surface area contributed by atoms with E-state index in [1.807, 2.05) is 7.05 Å². The number of rotatable bonds is 4. The molecule has 0 aliphatic carbocycles. The molecule has 1 fully saturated rings. The quantitative estimate of drug-likeness (QED) is 0.623. The number of para-hydroxylation sites is 2. The van der Waals surface area contributed by atoms with E-state index in [4.69, 9.17) is 15.0 Å². The third kappa shape index (κ3) is 3.68. The highest BCUT2D eigenvalue weighted by Gasteiger charge is 2.29. The van der Waals surface area contributed by atoms with Crippen molar-refractivity contribution in [1.82, 2.24) is 24.4 Å². The first-order chi connectivity index (χ1) is 15.4. The number of fused-ring (bicyclic) bond motifs is 2. The van der Waals surface area contributed by atoms with E-state index in [1.165, 1.54) is 5.52 Å². The lowest BCUT2D eigenvalue weighted by atomic mass is 9.95. The number of anilines is 1. The number of hydrogen-bond donors (Lipinski definition) is 0. The topological polar surface area (TPSA) is 67.2 Å².